The van der Waals surface area contributed by atoms with Crippen molar-refractivity contribution in [3.63, 3.8) is 0 Å². The van der Waals surface area contributed by atoms with Crippen molar-refractivity contribution in [2.75, 3.05) is 40.1 Å². The van der Waals surface area contributed by atoms with E-state index in [0.29, 0.717) is 25.7 Å². The van der Waals surface area contributed by atoms with Crippen molar-refractivity contribution in [1.29, 1.82) is 0 Å². The first kappa shape index (κ1) is 67.3. The minimum absolute atomic E-state index is 0.0454. The van der Waals surface area contributed by atoms with Gasteiger partial charge in [0, 0.05) is 18.4 Å². The van der Waals surface area contributed by atoms with Gasteiger partial charge in [0.2, 0.25) is 0 Å². The molecule has 87 heavy (non-hydrogen) atoms. The lowest BCUT2D eigenvalue weighted by atomic mass is 9.30. The van der Waals surface area contributed by atoms with E-state index in [9.17, 15) is 81.7 Å². The number of ether oxygens (including phenoxy) is 12. The van der Waals surface area contributed by atoms with E-state index in [1.807, 2.05) is 0 Å². The molecule has 6 heterocycles. The van der Waals surface area contributed by atoms with Crippen LogP contribution in [-0.4, -0.2) is 293 Å². The SMILES string of the molecule is COC1OC23CCC4C5(C)CCC(OC6OCC(OC7OC(CO)C(OC8OC(CO)C(O)C(O)C8O)C(O)C7OC7OCC(O)C(O)C7O)C(O)C6OC6OC(CO)C(O)C(O)C6O)C(C)(C)C5CCC4(C)C2(C)CC(O)C12C(O)CC(C)(C)CC23. The zero-order valence-corrected chi connectivity index (χ0v) is 50.8. The summed E-state index contributed by atoms with van der Waals surface area (Å²) in [4.78, 5) is 0. The Morgan fingerprint density at radius 2 is 0.989 bits per heavy atom. The molecule has 6 saturated heterocycles. The topological polar surface area (TPSA) is 434 Å². The zero-order valence-electron chi connectivity index (χ0n) is 50.8. The number of aliphatic hydroxyl groups excluding tert-OH is 16. The Bertz CT molecular complexity index is 2370. The first-order valence-corrected chi connectivity index (χ1v) is 31.2. The van der Waals surface area contributed by atoms with Gasteiger partial charge in [0.25, 0.3) is 0 Å². The van der Waals surface area contributed by atoms with Crippen LogP contribution in [-0.2, 0) is 56.8 Å². The molecular weight excluding hydrogens is 1160 g/mol. The summed E-state index contributed by atoms with van der Waals surface area (Å²) in [6.45, 7) is 12.0. The second-order valence-electron chi connectivity index (χ2n) is 29.4. The van der Waals surface area contributed by atoms with Crippen LogP contribution in [0.2, 0.25) is 0 Å². The molecule has 28 nitrogen and oxygen atoms in total. The van der Waals surface area contributed by atoms with E-state index in [4.69, 9.17) is 56.8 Å². The summed E-state index contributed by atoms with van der Waals surface area (Å²) < 4.78 is 74.6. The maximum Gasteiger partial charge on any atom is 0.187 e. The van der Waals surface area contributed by atoms with Crippen LogP contribution in [0, 0.1) is 50.2 Å². The molecule has 11 rings (SSSR count). The number of aliphatic hydroxyl groups is 16. The van der Waals surface area contributed by atoms with Crippen molar-refractivity contribution in [3.05, 3.63) is 0 Å². The van der Waals surface area contributed by atoms with Crippen LogP contribution in [0.1, 0.15) is 106 Å². The fraction of sp³-hybridized carbons (Fsp3) is 1.00. The summed E-state index contributed by atoms with van der Waals surface area (Å²) in [5.41, 5.74) is -3.56. The summed E-state index contributed by atoms with van der Waals surface area (Å²) in [6.07, 6.45) is -38.0. The molecule has 11 fully saturated rings. The fourth-order valence-corrected chi connectivity index (χ4v) is 19.4. The van der Waals surface area contributed by atoms with E-state index in [1.54, 1.807) is 7.11 Å². The van der Waals surface area contributed by atoms with Gasteiger partial charge in [-0.15, -0.1) is 0 Å². The lowest BCUT2D eigenvalue weighted by Gasteiger charge is -2.75. The second-order valence-corrected chi connectivity index (χ2v) is 29.4. The summed E-state index contributed by atoms with van der Waals surface area (Å²) in [5.74, 6) is 0.0614. The van der Waals surface area contributed by atoms with Gasteiger partial charge in [-0.25, -0.2) is 0 Å². The van der Waals surface area contributed by atoms with E-state index in [2.05, 4.69) is 48.5 Å². The Balaban J connectivity index is 0.859. The first-order valence-electron chi connectivity index (χ1n) is 31.2. The number of methoxy groups -OCH3 is 1. The Hall–Kier alpha value is -1.12. The van der Waals surface area contributed by atoms with Crippen LogP contribution in [0.3, 0.4) is 0 Å². The highest BCUT2D eigenvalue weighted by Crippen LogP contribution is 2.81. The third-order valence-electron chi connectivity index (χ3n) is 24.2. The normalized spacial score (nSPS) is 57.2. The average molecular weight is 1260 g/mol. The highest BCUT2D eigenvalue weighted by Gasteiger charge is 2.84. The monoisotopic (exact) mass is 1250 g/mol. The minimum atomic E-state index is -2.05. The van der Waals surface area contributed by atoms with Crippen molar-refractivity contribution in [3.8, 4) is 0 Å². The molecule has 0 aromatic heterocycles. The van der Waals surface area contributed by atoms with Crippen molar-refractivity contribution in [2.45, 2.75) is 278 Å². The molecule has 6 aliphatic heterocycles. The number of hydrogen-bond acceptors (Lipinski definition) is 28. The van der Waals surface area contributed by atoms with Gasteiger partial charge in [0.05, 0.1) is 62.4 Å². The number of hydrogen-bond donors (Lipinski definition) is 16. The quantitative estimate of drug-likeness (QED) is 0.0732. The minimum Gasteiger partial charge on any atom is -0.394 e. The van der Waals surface area contributed by atoms with Gasteiger partial charge in [0.15, 0.2) is 37.7 Å². The largest absolute Gasteiger partial charge is 0.394 e. The molecule has 28 heteroatoms. The van der Waals surface area contributed by atoms with Gasteiger partial charge in [-0.2, -0.15) is 0 Å². The maximum absolute atomic E-state index is 12.6. The van der Waals surface area contributed by atoms with Crippen LogP contribution in [0.5, 0.6) is 0 Å². The standard InChI is InChI=1S/C59H98O28/c1-53(2)15-30-58-14-10-29-55(5)12-11-33(54(3,4)28(55)9-13-56(29,6)57(58,7)17-32(65)59(30,31(64)16-53)52(76-8)87-58)83-50-45(86-49-42(74)39(71)36(68)25(19-61)80-49)37(69)27(22-78-50)82-51-46(85-47-40(72)34(66)23(63)21-77-47)43(75)44(26(20-62)81-51)84-48-41(73)38(70)35(67)24(18-60)79-48/h23-52,60-75H,9-22H2,1-8H3. The van der Waals surface area contributed by atoms with Gasteiger partial charge >= 0.3 is 0 Å². The van der Waals surface area contributed by atoms with E-state index in [1.165, 1.54) is 0 Å². The highest BCUT2D eigenvalue weighted by molar-refractivity contribution is 5.30. The second kappa shape index (κ2) is 24.3. The molecule has 0 amide bonds. The number of rotatable bonds is 14. The molecule has 0 aromatic carbocycles. The third kappa shape index (κ3) is 10.4. The van der Waals surface area contributed by atoms with Crippen LogP contribution < -0.4 is 0 Å². The highest BCUT2D eigenvalue weighted by atomic mass is 16.8. The molecule has 0 aromatic rings. The van der Waals surface area contributed by atoms with Crippen LogP contribution >= 0.6 is 0 Å². The summed E-state index contributed by atoms with van der Waals surface area (Å²) in [5, 5.41) is 177. The smallest absolute Gasteiger partial charge is 0.187 e. The molecule has 502 valence electrons. The molecule has 11 aliphatic rings. The van der Waals surface area contributed by atoms with E-state index >= 15 is 0 Å². The Labute approximate surface area is 505 Å². The van der Waals surface area contributed by atoms with Crippen molar-refractivity contribution in [1.82, 2.24) is 0 Å². The van der Waals surface area contributed by atoms with Crippen LogP contribution in [0.15, 0.2) is 0 Å². The van der Waals surface area contributed by atoms with Crippen molar-refractivity contribution in [2.24, 2.45) is 50.2 Å². The molecule has 16 N–H and O–H groups in total. The van der Waals surface area contributed by atoms with E-state index in [0.717, 1.165) is 32.1 Å². The van der Waals surface area contributed by atoms with Crippen LogP contribution in [0.4, 0.5) is 0 Å². The van der Waals surface area contributed by atoms with Crippen molar-refractivity contribution >= 4 is 0 Å². The molecule has 35 unspecified atom stereocenters. The van der Waals surface area contributed by atoms with E-state index in [-0.39, 0.29) is 34.0 Å². The van der Waals surface area contributed by atoms with Gasteiger partial charge in [0.1, 0.15) is 110 Å². The first-order chi connectivity index (χ1) is 40.9. The summed E-state index contributed by atoms with van der Waals surface area (Å²) in [7, 11) is 1.61. The Morgan fingerprint density at radius 3 is 1.60 bits per heavy atom. The van der Waals surface area contributed by atoms with Crippen LogP contribution in [0.25, 0.3) is 0 Å². The number of fused-ring (bicyclic) bond motifs is 4. The molecule has 35 atom stereocenters. The molecule has 5 saturated carbocycles. The summed E-state index contributed by atoms with van der Waals surface area (Å²) in [6, 6.07) is 0. The van der Waals surface area contributed by atoms with E-state index < -0.39 is 221 Å². The Kier molecular flexibility index (Phi) is 18.8. The fourth-order valence-electron chi connectivity index (χ4n) is 19.4. The lowest BCUT2D eigenvalue weighted by Crippen LogP contribution is -2.75. The molecule has 0 radical (unpaired) electrons. The molecular formula is C59H98O28. The Morgan fingerprint density at radius 1 is 0.448 bits per heavy atom. The predicted molar refractivity (Wildman–Crippen MR) is 290 cm³/mol. The molecule has 5 aliphatic carbocycles. The summed E-state index contributed by atoms with van der Waals surface area (Å²) >= 11 is 0. The lowest BCUT2D eigenvalue weighted by molar-refractivity contribution is -0.402. The maximum atomic E-state index is 12.6. The zero-order chi connectivity index (χ0) is 63.2. The molecule has 2 bridgehead atoms. The average Bonchev–Trinajstić information content (AvgIpc) is 1.57. The third-order valence-corrected chi connectivity index (χ3v) is 24.2. The van der Waals surface area contributed by atoms with Gasteiger partial charge < -0.3 is 139 Å². The molecule has 1 spiro atoms. The van der Waals surface area contributed by atoms with Gasteiger partial charge in [-0.1, -0.05) is 48.5 Å². The predicted octanol–water partition coefficient (Wildman–Crippen LogP) is -4.30. The van der Waals surface area contributed by atoms with Crippen molar-refractivity contribution < 1.29 is 139 Å². The van der Waals surface area contributed by atoms with Gasteiger partial charge in [-0.05, 0) is 91.3 Å². The van der Waals surface area contributed by atoms with Gasteiger partial charge in [-0.3, -0.25) is 0 Å².